The molecule has 0 unspecified atom stereocenters. The van der Waals surface area contributed by atoms with Gasteiger partial charge in [0.2, 0.25) is 0 Å². The van der Waals surface area contributed by atoms with Gasteiger partial charge < -0.3 is 15.4 Å². The first-order chi connectivity index (χ1) is 14.8. The van der Waals surface area contributed by atoms with Gasteiger partial charge in [0.15, 0.2) is 5.11 Å². The summed E-state index contributed by atoms with van der Waals surface area (Å²) in [6, 6.07) is 19.2. The van der Waals surface area contributed by atoms with Gasteiger partial charge in [-0.3, -0.25) is 4.72 Å². The lowest BCUT2D eigenvalue weighted by molar-refractivity contribution is 0.340. The molecule has 0 fully saturated rings. The van der Waals surface area contributed by atoms with Crippen molar-refractivity contribution in [2.24, 2.45) is 0 Å². The van der Waals surface area contributed by atoms with Crippen LogP contribution in [-0.2, 0) is 10.0 Å². The van der Waals surface area contributed by atoms with Crippen LogP contribution in [-0.4, -0.2) is 20.1 Å². The Morgan fingerprint density at radius 3 is 2.19 bits per heavy atom. The van der Waals surface area contributed by atoms with Crippen molar-refractivity contribution in [3.05, 3.63) is 77.9 Å². The average molecular weight is 456 g/mol. The van der Waals surface area contributed by atoms with Gasteiger partial charge in [-0.25, -0.2) is 8.42 Å². The Bertz CT molecular complexity index is 1160. The molecule has 3 rings (SSSR count). The van der Waals surface area contributed by atoms with Crippen LogP contribution in [0.2, 0.25) is 0 Å². The van der Waals surface area contributed by atoms with E-state index in [1.165, 1.54) is 12.1 Å². The fraction of sp³-hybridized carbons (Fsp3) is 0.174. The average Bonchev–Trinajstić information content (AvgIpc) is 2.72. The normalized spacial score (nSPS) is 10.9. The van der Waals surface area contributed by atoms with Crippen LogP contribution in [0.1, 0.15) is 18.1 Å². The minimum atomic E-state index is -3.71. The molecule has 0 atom stereocenters. The summed E-state index contributed by atoms with van der Waals surface area (Å²) in [7, 11) is -3.71. The zero-order chi connectivity index (χ0) is 22.4. The van der Waals surface area contributed by atoms with E-state index >= 15 is 0 Å². The largest absolute Gasteiger partial charge is 0.494 e. The molecule has 0 amide bonds. The van der Waals surface area contributed by atoms with E-state index in [-0.39, 0.29) is 4.90 Å². The van der Waals surface area contributed by atoms with Crippen LogP contribution in [0.15, 0.2) is 71.6 Å². The summed E-state index contributed by atoms with van der Waals surface area (Å²) in [5.41, 5.74) is 4.28. The molecule has 0 aliphatic rings. The number of benzene rings is 3. The van der Waals surface area contributed by atoms with E-state index in [0.717, 1.165) is 16.8 Å². The second-order valence-electron chi connectivity index (χ2n) is 6.98. The lowest BCUT2D eigenvalue weighted by Gasteiger charge is -2.14. The molecule has 0 radical (unpaired) electrons. The highest BCUT2D eigenvalue weighted by atomic mass is 32.2. The first-order valence-electron chi connectivity index (χ1n) is 9.78. The van der Waals surface area contributed by atoms with Crippen LogP contribution in [0.25, 0.3) is 0 Å². The van der Waals surface area contributed by atoms with Crippen LogP contribution < -0.4 is 20.1 Å². The molecule has 3 N–H and O–H groups in total. The van der Waals surface area contributed by atoms with Crippen LogP contribution in [0.5, 0.6) is 5.75 Å². The number of anilines is 3. The van der Waals surface area contributed by atoms with Gasteiger partial charge >= 0.3 is 0 Å². The maximum Gasteiger partial charge on any atom is 0.261 e. The van der Waals surface area contributed by atoms with Crippen LogP contribution in [0, 0.1) is 13.8 Å². The lowest BCUT2D eigenvalue weighted by atomic mass is 10.1. The van der Waals surface area contributed by atoms with Crippen molar-refractivity contribution in [1.29, 1.82) is 0 Å². The molecule has 0 spiro atoms. The number of hydrogen-bond acceptors (Lipinski definition) is 4. The second kappa shape index (κ2) is 9.80. The standard InChI is InChI=1S/C23H25N3O3S2/c1-4-29-20-11-7-19(8-12-20)26-31(27,28)21-13-9-18(10-14-21)24-23(30)25-22-15-16(2)5-6-17(22)3/h5-15,26H,4H2,1-3H3,(H2,24,25,30). The minimum absolute atomic E-state index is 0.153. The monoisotopic (exact) mass is 455 g/mol. The first kappa shape index (κ1) is 22.6. The predicted molar refractivity (Wildman–Crippen MR) is 131 cm³/mol. The quantitative estimate of drug-likeness (QED) is 0.419. The molecule has 8 heteroatoms. The second-order valence-corrected chi connectivity index (χ2v) is 9.08. The van der Waals surface area contributed by atoms with Gasteiger partial charge in [0.1, 0.15) is 5.75 Å². The highest BCUT2D eigenvalue weighted by molar-refractivity contribution is 7.92. The van der Waals surface area contributed by atoms with Crippen molar-refractivity contribution >= 4 is 44.4 Å². The maximum atomic E-state index is 12.7. The van der Waals surface area contributed by atoms with Gasteiger partial charge in [-0.05, 0) is 98.7 Å². The van der Waals surface area contributed by atoms with Crippen LogP contribution in [0.3, 0.4) is 0 Å². The Morgan fingerprint density at radius 1 is 0.903 bits per heavy atom. The topological polar surface area (TPSA) is 79.5 Å². The highest BCUT2D eigenvalue weighted by Crippen LogP contribution is 2.21. The summed E-state index contributed by atoms with van der Waals surface area (Å²) < 4.78 is 33.2. The molecule has 0 heterocycles. The van der Waals surface area contributed by atoms with E-state index in [9.17, 15) is 8.42 Å². The summed E-state index contributed by atoms with van der Waals surface area (Å²) >= 11 is 5.38. The van der Waals surface area contributed by atoms with Crippen LogP contribution >= 0.6 is 12.2 Å². The molecule has 0 aliphatic heterocycles. The molecule has 0 saturated carbocycles. The van der Waals surface area contributed by atoms with Crippen molar-refractivity contribution in [3.63, 3.8) is 0 Å². The Balaban J connectivity index is 1.64. The molecule has 0 aromatic heterocycles. The minimum Gasteiger partial charge on any atom is -0.494 e. The third-order valence-electron chi connectivity index (χ3n) is 4.48. The number of hydrogen-bond donors (Lipinski definition) is 3. The van der Waals surface area contributed by atoms with Crippen LogP contribution in [0.4, 0.5) is 17.1 Å². The van der Waals surface area contributed by atoms with Crippen molar-refractivity contribution in [1.82, 2.24) is 0 Å². The zero-order valence-corrected chi connectivity index (χ0v) is 19.2. The van der Waals surface area contributed by atoms with Crippen molar-refractivity contribution < 1.29 is 13.2 Å². The molecule has 3 aromatic rings. The summed E-state index contributed by atoms with van der Waals surface area (Å²) in [4.78, 5) is 0.153. The summed E-state index contributed by atoms with van der Waals surface area (Å²) in [6.07, 6.45) is 0. The molecule has 162 valence electrons. The predicted octanol–water partition coefficient (Wildman–Crippen LogP) is 5.31. The number of ether oxygens (including phenoxy) is 1. The third kappa shape index (κ3) is 6.19. The molecule has 6 nitrogen and oxygen atoms in total. The maximum absolute atomic E-state index is 12.7. The number of aryl methyl sites for hydroxylation is 2. The Kier molecular flexibility index (Phi) is 7.14. The van der Waals surface area contributed by atoms with E-state index in [0.29, 0.717) is 28.8 Å². The zero-order valence-electron chi connectivity index (χ0n) is 17.6. The Hall–Kier alpha value is -3.10. The molecule has 0 bridgehead atoms. The highest BCUT2D eigenvalue weighted by Gasteiger charge is 2.14. The molecule has 0 aliphatic carbocycles. The number of sulfonamides is 1. The smallest absolute Gasteiger partial charge is 0.261 e. The summed E-state index contributed by atoms with van der Waals surface area (Å²) in [5, 5.41) is 6.67. The van der Waals surface area contributed by atoms with E-state index in [1.807, 2.05) is 39.0 Å². The summed E-state index contributed by atoms with van der Waals surface area (Å²) in [6.45, 7) is 6.46. The summed E-state index contributed by atoms with van der Waals surface area (Å²) in [5.74, 6) is 0.686. The fourth-order valence-corrected chi connectivity index (χ4v) is 4.16. The third-order valence-corrected chi connectivity index (χ3v) is 6.08. The molecular weight excluding hydrogens is 430 g/mol. The van der Waals surface area contributed by atoms with Crippen molar-refractivity contribution in [2.75, 3.05) is 22.0 Å². The first-order valence-corrected chi connectivity index (χ1v) is 11.7. The van der Waals surface area contributed by atoms with E-state index in [4.69, 9.17) is 17.0 Å². The van der Waals surface area contributed by atoms with E-state index < -0.39 is 10.0 Å². The number of rotatable bonds is 7. The van der Waals surface area contributed by atoms with E-state index in [2.05, 4.69) is 15.4 Å². The van der Waals surface area contributed by atoms with Gasteiger partial charge in [-0.2, -0.15) is 0 Å². The number of thiocarbonyl (C=S) groups is 1. The SMILES string of the molecule is CCOc1ccc(NS(=O)(=O)c2ccc(NC(=S)Nc3cc(C)ccc3C)cc2)cc1. The molecule has 3 aromatic carbocycles. The number of nitrogens with one attached hydrogen (secondary N) is 3. The van der Waals surface area contributed by atoms with Crippen molar-refractivity contribution in [2.45, 2.75) is 25.7 Å². The van der Waals surface area contributed by atoms with Crippen molar-refractivity contribution in [3.8, 4) is 5.75 Å². The van der Waals surface area contributed by atoms with Gasteiger partial charge in [-0.1, -0.05) is 12.1 Å². The Morgan fingerprint density at radius 2 is 1.55 bits per heavy atom. The lowest BCUT2D eigenvalue weighted by Crippen LogP contribution is -2.20. The molecular formula is C23H25N3O3S2. The van der Waals surface area contributed by atoms with Gasteiger partial charge in [-0.15, -0.1) is 0 Å². The van der Waals surface area contributed by atoms with Gasteiger partial charge in [0, 0.05) is 17.1 Å². The van der Waals surface area contributed by atoms with Gasteiger partial charge in [0.05, 0.1) is 11.5 Å². The Labute approximate surface area is 188 Å². The fourth-order valence-electron chi connectivity index (χ4n) is 2.87. The van der Waals surface area contributed by atoms with E-state index in [1.54, 1.807) is 36.4 Å². The van der Waals surface area contributed by atoms with Gasteiger partial charge in [0.25, 0.3) is 10.0 Å². The molecule has 0 saturated heterocycles. The molecule has 31 heavy (non-hydrogen) atoms.